The fourth-order valence-corrected chi connectivity index (χ4v) is 2.22. The van der Waals surface area contributed by atoms with Crippen molar-refractivity contribution in [3.63, 3.8) is 0 Å². The van der Waals surface area contributed by atoms with Crippen LogP contribution in [-0.2, 0) is 6.42 Å². The molecule has 3 rings (SSSR count). The van der Waals surface area contributed by atoms with Crippen LogP contribution < -0.4 is 0 Å². The average molecular weight is 207 g/mol. The Morgan fingerprint density at radius 2 is 1.75 bits per heavy atom. The number of rotatable bonds is 1. The molecule has 0 saturated heterocycles. The first-order valence-corrected chi connectivity index (χ1v) is 5.56. The number of para-hydroxylation sites is 1. The van der Waals surface area contributed by atoms with Gasteiger partial charge in [-0.3, -0.25) is 4.99 Å². The molecule has 0 fully saturated rings. The summed E-state index contributed by atoms with van der Waals surface area (Å²) in [5.41, 5.74) is 6.20. The third kappa shape index (κ3) is 1.45. The Morgan fingerprint density at radius 3 is 2.56 bits per heavy atom. The van der Waals surface area contributed by atoms with Crippen LogP contribution in [0.1, 0.15) is 12.5 Å². The standard InChI is InChI=1S/C15H13N/c1-11-10-13-8-5-9-14(15(13)16-11)12-6-3-2-4-7-12/h2-9H,10H2,1H3. The normalized spacial score (nSPS) is 13.4. The smallest absolute Gasteiger partial charge is 0.0743 e. The van der Waals surface area contributed by atoms with Crippen LogP contribution in [0.25, 0.3) is 11.1 Å². The molecule has 0 N–H and O–H groups in total. The van der Waals surface area contributed by atoms with Gasteiger partial charge in [0.25, 0.3) is 0 Å². The van der Waals surface area contributed by atoms with Crippen molar-refractivity contribution in [2.24, 2.45) is 4.99 Å². The quantitative estimate of drug-likeness (QED) is 0.670. The highest BCUT2D eigenvalue weighted by Crippen LogP contribution is 2.37. The topological polar surface area (TPSA) is 12.4 Å². The molecule has 1 heteroatoms. The van der Waals surface area contributed by atoms with Gasteiger partial charge in [-0.05, 0) is 18.1 Å². The summed E-state index contributed by atoms with van der Waals surface area (Å²) in [5.74, 6) is 0. The fourth-order valence-electron chi connectivity index (χ4n) is 2.22. The van der Waals surface area contributed by atoms with Gasteiger partial charge in [0, 0.05) is 17.7 Å². The van der Waals surface area contributed by atoms with Gasteiger partial charge in [-0.15, -0.1) is 0 Å². The van der Waals surface area contributed by atoms with Gasteiger partial charge in [0.05, 0.1) is 5.69 Å². The summed E-state index contributed by atoms with van der Waals surface area (Å²) in [6, 6.07) is 16.9. The second-order valence-electron chi connectivity index (χ2n) is 4.20. The second kappa shape index (κ2) is 3.60. The van der Waals surface area contributed by atoms with E-state index in [1.807, 2.05) is 6.07 Å². The molecule has 0 bridgehead atoms. The van der Waals surface area contributed by atoms with Crippen LogP contribution in [0.4, 0.5) is 5.69 Å². The minimum Gasteiger partial charge on any atom is -0.257 e. The van der Waals surface area contributed by atoms with Crippen LogP contribution in [0.3, 0.4) is 0 Å². The maximum atomic E-state index is 4.65. The summed E-state index contributed by atoms with van der Waals surface area (Å²) >= 11 is 0. The first-order valence-electron chi connectivity index (χ1n) is 5.56. The molecular weight excluding hydrogens is 194 g/mol. The van der Waals surface area contributed by atoms with E-state index < -0.39 is 0 Å². The van der Waals surface area contributed by atoms with Gasteiger partial charge in [-0.25, -0.2) is 0 Å². The molecule has 1 aliphatic rings. The molecular formula is C15H13N. The summed E-state index contributed by atoms with van der Waals surface area (Å²) in [6.45, 7) is 2.09. The predicted octanol–water partition coefficient (Wildman–Crippen LogP) is 4.00. The Balaban J connectivity index is 2.20. The van der Waals surface area contributed by atoms with Gasteiger partial charge in [0.1, 0.15) is 0 Å². The first kappa shape index (κ1) is 9.34. The van der Waals surface area contributed by atoms with E-state index in [0.717, 1.165) is 12.1 Å². The summed E-state index contributed by atoms with van der Waals surface area (Å²) in [4.78, 5) is 4.65. The molecule has 0 aromatic heterocycles. The third-order valence-corrected chi connectivity index (χ3v) is 2.95. The molecule has 0 spiro atoms. The van der Waals surface area contributed by atoms with E-state index in [4.69, 9.17) is 0 Å². The maximum absolute atomic E-state index is 4.65. The van der Waals surface area contributed by atoms with Gasteiger partial charge in [-0.2, -0.15) is 0 Å². The zero-order valence-corrected chi connectivity index (χ0v) is 9.27. The fraction of sp³-hybridized carbons (Fsp3) is 0.133. The van der Waals surface area contributed by atoms with Crippen molar-refractivity contribution in [2.75, 3.05) is 0 Å². The molecule has 78 valence electrons. The second-order valence-corrected chi connectivity index (χ2v) is 4.20. The van der Waals surface area contributed by atoms with Crippen LogP contribution in [0, 0.1) is 0 Å². The highest BCUT2D eigenvalue weighted by atomic mass is 14.8. The van der Waals surface area contributed by atoms with E-state index in [1.165, 1.54) is 22.4 Å². The summed E-state index contributed by atoms with van der Waals surface area (Å²) < 4.78 is 0. The average Bonchev–Trinajstić information content (AvgIpc) is 2.70. The zero-order chi connectivity index (χ0) is 11.0. The van der Waals surface area contributed by atoms with E-state index in [1.54, 1.807) is 0 Å². The van der Waals surface area contributed by atoms with E-state index in [-0.39, 0.29) is 0 Å². The van der Waals surface area contributed by atoms with Crippen molar-refractivity contribution in [1.29, 1.82) is 0 Å². The van der Waals surface area contributed by atoms with Gasteiger partial charge in [0.15, 0.2) is 0 Å². The number of aliphatic imine (C=N–C) groups is 1. The Labute approximate surface area is 95.5 Å². The molecule has 2 aromatic rings. The summed E-state index contributed by atoms with van der Waals surface area (Å²) in [7, 11) is 0. The summed E-state index contributed by atoms with van der Waals surface area (Å²) in [5, 5.41) is 0. The molecule has 1 heterocycles. The highest BCUT2D eigenvalue weighted by Gasteiger charge is 2.15. The van der Waals surface area contributed by atoms with Crippen molar-refractivity contribution in [1.82, 2.24) is 0 Å². The molecule has 0 unspecified atom stereocenters. The monoisotopic (exact) mass is 207 g/mol. The maximum Gasteiger partial charge on any atom is 0.0743 e. The van der Waals surface area contributed by atoms with Gasteiger partial charge < -0.3 is 0 Å². The number of hydrogen-bond donors (Lipinski definition) is 0. The van der Waals surface area contributed by atoms with Gasteiger partial charge in [-0.1, -0.05) is 48.5 Å². The predicted molar refractivity (Wildman–Crippen MR) is 68.4 cm³/mol. The molecule has 0 amide bonds. The van der Waals surface area contributed by atoms with Gasteiger partial charge in [0.2, 0.25) is 0 Å². The number of nitrogens with zero attached hydrogens (tertiary/aromatic N) is 1. The van der Waals surface area contributed by atoms with Crippen molar-refractivity contribution in [2.45, 2.75) is 13.3 Å². The number of fused-ring (bicyclic) bond motifs is 1. The Bertz CT molecular complexity index is 553. The van der Waals surface area contributed by atoms with E-state index >= 15 is 0 Å². The molecule has 0 radical (unpaired) electrons. The minimum atomic E-state index is 0.996. The van der Waals surface area contributed by atoms with Crippen LogP contribution in [0.2, 0.25) is 0 Å². The van der Waals surface area contributed by atoms with Crippen molar-refractivity contribution in [3.8, 4) is 11.1 Å². The molecule has 0 saturated carbocycles. The SMILES string of the molecule is CC1=Nc2c(cccc2-c2ccccc2)C1. The first-order chi connectivity index (χ1) is 7.84. The Morgan fingerprint density at radius 1 is 0.938 bits per heavy atom. The zero-order valence-electron chi connectivity index (χ0n) is 9.27. The molecule has 0 atom stereocenters. The summed E-state index contributed by atoms with van der Waals surface area (Å²) in [6.07, 6.45) is 0.996. The van der Waals surface area contributed by atoms with Crippen LogP contribution in [0.15, 0.2) is 53.5 Å². The molecule has 16 heavy (non-hydrogen) atoms. The lowest BCUT2D eigenvalue weighted by Gasteiger charge is -2.06. The van der Waals surface area contributed by atoms with Crippen LogP contribution in [0.5, 0.6) is 0 Å². The highest BCUT2D eigenvalue weighted by molar-refractivity contribution is 5.96. The third-order valence-electron chi connectivity index (χ3n) is 2.95. The van der Waals surface area contributed by atoms with Crippen LogP contribution in [-0.4, -0.2) is 5.71 Å². The molecule has 2 aromatic carbocycles. The van der Waals surface area contributed by atoms with Crippen molar-refractivity contribution in [3.05, 3.63) is 54.1 Å². The largest absolute Gasteiger partial charge is 0.257 e. The van der Waals surface area contributed by atoms with Crippen LogP contribution >= 0.6 is 0 Å². The number of benzene rings is 2. The Hall–Kier alpha value is -1.89. The van der Waals surface area contributed by atoms with E-state index in [2.05, 4.69) is 54.4 Å². The molecule has 0 aliphatic carbocycles. The van der Waals surface area contributed by atoms with E-state index in [9.17, 15) is 0 Å². The lowest BCUT2D eigenvalue weighted by molar-refractivity contribution is 1.38. The minimum absolute atomic E-state index is 0.996. The number of hydrogen-bond acceptors (Lipinski definition) is 1. The lowest BCUT2D eigenvalue weighted by Crippen LogP contribution is -1.88. The lowest BCUT2D eigenvalue weighted by atomic mass is 10.00. The molecule has 1 nitrogen and oxygen atoms in total. The van der Waals surface area contributed by atoms with Gasteiger partial charge >= 0.3 is 0 Å². The Kier molecular flexibility index (Phi) is 2.10. The van der Waals surface area contributed by atoms with E-state index in [0.29, 0.717) is 0 Å². The van der Waals surface area contributed by atoms with Crippen molar-refractivity contribution >= 4 is 11.4 Å². The molecule has 1 aliphatic heterocycles. The van der Waals surface area contributed by atoms with Crippen molar-refractivity contribution < 1.29 is 0 Å².